The number of nitrogens with one attached hydrogen (secondary N) is 1. The van der Waals surface area contributed by atoms with Gasteiger partial charge in [0.1, 0.15) is 11.9 Å². The minimum Gasteiger partial charge on any atom is -0.344 e. The van der Waals surface area contributed by atoms with E-state index >= 15 is 0 Å². The van der Waals surface area contributed by atoms with Crippen molar-refractivity contribution in [3.63, 3.8) is 0 Å². The third kappa shape index (κ3) is 2.09. The van der Waals surface area contributed by atoms with Crippen molar-refractivity contribution in [3.8, 4) is 0 Å². The number of imidazole rings is 1. The van der Waals surface area contributed by atoms with E-state index in [2.05, 4.69) is 9.88 Å². The third-order valence-corrected chi connectivity index (χ3v) is 5.38. The summed E-state index contributed by atoms with van der Waals surface area (Å²) in [6.07, 6.45) is 7.02. The summed E-state index contributed by atoms with van der Waals surface area (Å²) >= 11 is 0. The van der Waals surface area contributed by atoms with Crippen LogP contribution < -0.4 is 5.32 Å². The van der Waals surface area contributed by atoms with Gasteiger partial charge in [-0.2, -0.15) is 0 Å². The third-order valence-electron chi connectivity index (χ3n) is 5.38. The molecule has 3 heterocycles. The van der Waals surface area contributed by atoms with Crippen molar-refractivity contribution in [2.24, 2.45) is 0 Å². The lowest BCUT2D eigenvalue weighted by atomic mass is 10.1. The molecule has 3 aliphatic rings. The van der Waals surface area contributed by atoms with Crippen LogP contribution in [-0.4, -0.2) is 40.5 Å². The Balaban J connectivity index is 1.79. The molecule has 114 valence electrons. The summed E-state index contributed by atoms with van der Waals surface area (Å²) in [5, 5.41) is 3.41. The number of carbonyl (C=O) groups is 1. The van der Waals surface area contributed by atoms with E-state index in [0.717, 1.165) is 32.5 Å². The van der Waals surface area contributed by atoms with E-state index in [1.165, 1.54) is 42.9 Å². The zero-order valence-corrected chi connectivity index (χ0v) is 12.8. The molecule has 2 aliphatic heterocycles. The van der Waals surface area contributed by atoms with Crippen LogP contribution in [0.5, 0.6) is 0 Å². The highest BCUT2D eigenvalue weighted by molar-refractivity contribution is 5.82. The molecule has 4 rings (SSSR count). The molecule has 0 spiro atoms. The molecule has 5 nitrogen and oxygen atoms in total. The van der Waals surface area contributed by atoms with E-state index in [4.69, 9.17) is 4.98 Å². The molecular weight excluding hydrogens is 264 g/mol. The van der Waals surface area contributed by atoms with Gasteiger partial charge in [0, 0.05) is 44.7 Å². The van der Waals surface area contributed by atoms with Gasteiger partial charge in [0.15, 0.2) is 0 Å². The van der Waals surface area contributed by atoms with Crippen LogP contribution in [0.3, 0.4) is 0 Å². The van der Waals surface area contributed by atoms with Gasteiger partial charge in [-0.15, -0.1) is 0 Å². The van der Waals surface area contributed by atoms with Crippen molar-refractivity contribution in [2.45, 2.75) is 57.0 Å². The van der Waals surface area contributed by atoms with Gasteiger partial charge in [-0.05, 0) is 19.3 Å². The Labute approximate surface area is 125 Å². The molecule has 1 saturated heterocycles. The van der Waals surface area contributed by atoms with Gasteiger partial charge >= 0.3 is 0 Å². The second-order valence-corrected chi connectivity index (χ2v) is 6.71. The Morgan fingerprint density at radius 3 is 2.76 bits per heavy atom. The number of rotatable bonds is 2. The van der Waals surface area contributed by atoms with Gasteiger partial charge in [0.25, 0.3) is 0 Å². The monoisotopic (exact) mass is 288 g/mol. The lowest BCUT2D eigenvalue weighted by molar-refractivity contribution is -0.129. The summed E-state index contributed by atoms with van der Waals surface area (Å²) < 4.78 is 2.35. The summed E-state index contributed by atoms with van der Waals surface area (Å²) in [6.45, 7) is 2.73. The number of aromatic nitrogens is 2. The van der Waals surface area contributed by atoms with Crippen molar-refractivity contribution in [2.75, 3.05) is 20.1 Å². The molecule has 0 aromatic carbocycles. The molecule has 1 amide bonds. The van der Waals surface area contributed by atoms with Crippen LogP contribution in [-0.2, 0) is 17.8 Å². The average molecular weight is 288 g/mol. The first-order valence-electron chi connectivity index (χ1n) is 8.31. The summed E-state index contributed by atoms with van der Waals surface area (Å²) in [5.41, 5.74) is 2.51. The highest BCUT2D eigenvalue weighted by atomic mass is 16.2. The number of likely N-dealkylation sites (tertiary alicyclic amines) is 1. The van der Waals surface area contributed by atoms with Gasteiger partial charge in [0.05, 0.1) is 5.69 Å². The van der Waals surface area contributed by atoms with Crippen LogP contribution >= 0.6 is 0 Å². The van der Waals surface area contributed by atoms with E-state index < -0.39 is 0 Å². The first-order valence-corrected chi connectivity index (χ1v) is 8.31. The van der Waals surface area contributed by atoms with E-state index in [-0.39, 0.29) is 11.9 Å². The van der Waals surface area contributed by atoms with E-state index in [0.29, 0.717) is 5.92 Å². The van der Waals surface area contributed by atoms with Gasteiger partial charge in [-0.3, -0.25) is 4.79 Å². The van der Waals surface area contributed by atoms with Crippen LogP contribution in [0.2, 0.25) is 0 Å². The largest absolute Gasteiger partial charge is 0.344 e. The maximum atomic E-state index is 12.5. The van der Waals surface area contributed by atoms with Crippen LogP contribution in [0.1, 0.15) is 61.3 Å². The lowest BCUT2D eigenvalue weighted by Gasteiger charge is -2.22. The predicted octanol–water partition coefficient (Wildman–Crippen LogP) is 1.59. The average Bonchev–Trinajstić information content (AvgIpc) is 3.19. The normalized spacial score (nSPS) is 26.6. The van der Waals surface area contributed by atoms with Crippen LogP contribution in [0.15, 0.2) is 0 Å². The quantitative estimate of drug-likeness (QED) is 0.899. The summed E-state index contributed by atoms with van der Waals surface area (Å²) in [4.78, 5) is 19.4. The standard InChI is InChI=1S/C16H24N4O/c1-19-9-7-14(16(19)21)20-13-6-8-17-10-12(13)18-15(20)11-4-2-3-5-11/h11,14,17H,2-10H2,1H3. The fraction of sp³-hybridized carbons (Fsp3) is 0.750. The Morgan fingerprint density at radius 2 is 2.05 bits per heavy atom. The molecule has 1 aliphatic carbocycles. The van der Waals surface area contributed by atoms with Crippen molar-refractivity contribution in [3.05, 3.63) is 17.2 Å². The van der Waals surface area contributed by atoms with E-state index in [1.807, 2.05) is 11.9 Å². The molecule has 1 N–H and O–H groups in total. The van der Waals surface area contributed by atoms with Crippen LogP contribution in [0.25, 0.3) is 0 Å². The molecule has 21 heavy (non-hydrogen) atoms. The van der Waals surface area contributed by atoms with E-state index in [9.17, 15) is 4.79 Å². The first-order chi connectivity index (χ1) is 10.3. The summed E-state index contributed by atoms with van der Waals surface area (Å²) in [5.74, 6) is 2.04. The number of nitrogens with zero attached hydrogens (tertiary/aromatic N) is 3. The number of likely N-dealkylation sites (N-methyl/N-ethyl adjacent to an activating group) is 1. The highest BCUT2D eigenvalue weighted by Crippen LogP contribution is 2.38. The minimum atomic E-state index is -0.0000463. The minimum absolute atomic E-state index is 0.0000463. The smallest absolute Gasteiger partial charge is 0.245 e. The van der Waals surface area contributed by atoms with Crippen LogP contribution in [0, 0.1) is 0 Å². The zero-order valence-electron chi connectivity index (χ0n) is 12.8. The molecule has 2 fully saturated rings. The van der Waals surface area contributed by atoms with Crippen molar-refractivity contribution < 1.29 is 4.79 Å². The fourth-order valence-electron chi connectivity index (χ4n) is 4.22. The molecule has 1 unspecified atom stereocenters. The number of hydrogen-bond acceptors (Lipinski definition) is 3. The van der Waals surface area contributed by atoms with Crippen molar-refractivity contribution in [1.82, 2.24) is 19.8 Å². The van der Waals surface area contributed by atoms with Gasteiger partial charge in [-0.1, -0.05) is 12.8 Å². The maximum Gasteiger partial charge on any atom is 0.245 e. The van der Waals surface area contributed by atoms with Gasteiger partial charge in [0.2, 0.25) is 5.91 Å². The fourth-order valence-corrected chi connectivity index (χ4v) is 4.22. The Kier molecular flexibility index (Phi) is 3.25. The molecule has 1 saturated carbocycles. The number of amides is 1. The number of hydrogen-bond donors (Lipinski definition) is 1. The predicted molar refractivity (Wildman–Crippen MR) is 80.1 cm³/mol. The SMILES string of the molecule is CN1CCC(n2c(C3CCCC3)nc3c2CCNC3)C1=O. The maximum absolute atomic E-state index is 12.5. The second-order valence-electron chi connectivity index (χ2n) is 6.71. The topological polar surface area (TPSA) is 50.2 Å². The van der Waals surface area contributed by atoms with Crippen molar-refractivity contribution in [1.29, 1.82) is 0 Å². The van der Waals surface area contributed by atoms with Crippen LogP contribution in [0.4, 0.5) is 0 Å². The lowest BCUT2D eigenvalue weighted by Crippen LogP contribution is -2.29. The van der Waals surface area contributed by atoms with Gasteiger partial charge < -0.3 is 14.8 Å². The van der Waals surface area contributed by atoms with Crippen molar-refractivity contribution >= 4 is 5.91 Å². The molecule has 0 radical (unpaired) electrons. The Bertz CT molecular complexity index is 559. The molecule has 1 aromatic rings. The number of carbonyl (C=O) groups excluding carboxylic acids is 1. The highest BCUT2D eigenvalue weighted by Gasteiger charge is 2.37. The molecule has 0 bridgehead atoms. The summed E-state index contributed by atoms with van der Waals surface area (Å²) in [7, 11) is 1.92. The molecule has 1 aromatic heterocycles. The summed E-state index contributed by atoms with van der Waals surface area (Å²) in [6, 6.07) is -0.0000463. The Morgan fingerprint density at radius 1 is 1.24 bits per heavy atom. The molecule has 5 heteroatoms. The molecular formula is C16H24N4O. The van der Waals surface area contributed by atoms with E-state index in [1.54, 1.807) is 0 Å². The van der Waals surface area contributed by atoms with Gasteiger partial charge in [-0.25, -0.2) is 4.98 Å². The first kappa shape index (κ1) is 13.3. The number of fused-ring (bicyclic) bond motifs is 1. The Hall–Kier alpha value is -1.36. The molecule has 1 atom stereocenters. The second kappa shape index (κ2) is 5.13. The zero-order chi connectivity index (χ0) is 14.4.